The number of fused-ring (bicyclic) bond motifs is 2. The normalized spacial score (nSPS) is 15.3. The third-order valence-electron chi connectivity index (χ3n) is 7.00. The molecule has 0 radical (unpaired) electrons. The zero-order chi connectivity index (χ0) is 27.6. The second kappa shape index (κ2) is 11.2. The lowest BCUT2D eigenvalue weighted by Crippen LogP contribution is -2.48. The van der Waals surface area contributed by atoms with Crippen molar-refractivity contribution in [2.45, 2.75) is 6.10 Å². The summed E-state index contributed by atoms with van der Waals surface area (Å²) < 4.78 is 7.80. The second-order valence-corrected chi connectivity index (χ2v) is 10.5. The highest BCUT2D eigenvalue weighted by molar-refractivity contribution is 14.1. The highest BCUT2D eigenvalue weighted by Gasteiger charge is 2.24. The monoisotopic (exact) mass is 647 g/mol. The molecule has 2 amide bonds. The molecule has 0 bridgehead atoms. The van der Waals surface area contributed by atoms with Crippen molar-refractivity contribution in [2.24, 2.45) is 7.05 Å². The van der Waals surface area contributed by atoms with Crippen LogP contribution in [0.3, 0.4) is 0 Å². The van der Waals surface area contributed by atoms with Gasteiger partial charge in [-0.2, -0.15) is 0 Å². The summed E-state index contributed by atoms with van der Waals surface area (Å²) in [5.74, 6) is -0.263. The number of nitrogens with one attached hydrogen (secondary N) is 2. The average molecular weight is 647 g/mol. The number of carbonyl (C=O) groups is 2. The molecule has 1 saturated heterocycles. The summed E-state index contributed by atoms with van der Waals surface area (Å²) in [6.07, 6.45) is 8.34. The van der Waals surface area contributed by atoms with Gasteiger partial charge in [0.1, 0.15) is 0 Å². The smallest absolute Gasteiger partial charge is 0.283 e. The molecule has 1 aliphatic heterocycles. The van der Waals surface area contributed by atoms with Crippen LogP contribution < -0.4 is 10.6 Å². The summed E-state index contributed by atoms with van der Waals surface area (Å²) in [7, 11) is 2.02. The van der Waals surface area contributed by atoms with Gasteiger partial charge in [0.05, 0.1) is 41.2 Å². The Morgan fingerprint density at radius 3 is 2.85 bits per heavy atom. The van der Waals surface area contributed by atoms with Gasteiger partial charge in [0.25, 0.3) is 9.82 Å². The van der Waals surface area contributed by atoms with Crippen LogP contribution >= 0.6 is 22.6 Å². The number of nitrogens with zero attached hydrogens (tertiary/aromatic N) is 5. The van der Waals surface area contributed by atoms with Crippen molar-refractivity contribution < 1.29 is 14.3 Å². The molecule has 2 N–H and O–H groups in total. The molecule has 6 rings (SSSR count). The maximum Gasteiger partial charge on any atom is 0.283 e. The van der Waals surface area contributed by atoms with Gasteiger partial charge in [0.15, 0.2) is 0 Å². The number of amides is 2. The molecule has 5 aromatic rings. The number of anilines is 2. The first-order valence-electron chi connectivity index (χ1n) is 12.8. The molecule has 0 aliphatic carbocycles. The maximum absolute atomic E-state index is 13.2. The summed E-state index contributed by atoms with van der Waals surface area (Å²) >= 11 is 1.77. The first-order chi connectivity index (χ1) is 19.5. The molecule has 1 atom stereocenters. The van der Waals surface area contributed by atoms with Gasteiger partial charge >= 0.3 is 0 Å². The number of hydrogen-bond donors (Lipinski definition) is 2. The van der Waals surface area contributed by atoms with Gasteiger partial charge in [-0.3, -0.25) is 24.5 Å². The van der Waals surface area contributed by atoms with E-state index >= 15 is 0 Å². The molecule has 1 unspecified atom stereocenters. The Balaban J connectivity index is 1.28. The molecular weight excluding hydrogens is 621 g/mol. The van der Waals surface area contributed by atoms with Crippen molar-refractivity contribution in [3.05, 3.63) is 79.0 Å². The van der Waals surface area contributed by atoms with Crippen LogP contribution in [0, 0.1) is 0 Å². The van der Waals surface area contributed by atoms with Crippen molar-refractivity contribution >= 4 is 65.7 Å². The second-order valence-electron chi connectivity index (χ2n) is 9.60. The number of hydrogen-bond acceptors (Lipinski definition) is 7. The molecular formula is C29H26IN7O3. The summed E-state index contributed by atoms with van der Waals surface area (Å²) in [6, 6.07) is 14.0. The number of aryl methyl sites for hydroxylation is 1. The Morgan fingerprint density at radius 1 is 1.10 bits per heavy atom. The van der Waals surface area contributed by atoms with Crippen LogP contribution in [0.15, 0.2) is 73.4 Å². The Kier molecular flexibility index (Phi) is 7.30. The molecule has 3 aromatic heterocycles. The molecule has 0 saturated carbocycles. The number of halogens is 1. The lowest BCUT2D eigenvalue weighted by Gasteiger charge is -2.31. The first kappa shape index (κ1) is 26.1. The Bertz CT molecular complexity index is 1740. The van der Waals surface area contributed by atoms with E-state index in [1.807, 2.05) is 25.4 Å². The highest BCUT2D eigenvalue weighted by Crippen LogP contribution is 2.33. The fourth-order valence-corrected chi connectivity index (χ4v) is 5.39. The molecule has 1 aliphatic rings. The van der Waals surface area contributed by atoms with E-state index in [0.717, 1.165) is 38.8 Å². The molecule has 1 fully saturated rings. The van der Waals surface area contributed by atoms with E-state index in [-0.39, 0.29) is 15.9 Å². The van der Waals surface area contributed by atoms with Crippen LogP contribution in [0.2, 0.25) is 0 Å². The minimum absolute atomic E-state index is 0.0270. The number of carbonyl (C=O) groups excluding carboxylic acids is 2. The standard InChI is InChI=1S/C29H26IN7O3/c1-36-9-5-18-2-3-19(12-26(18)36)23-13-20(14-24-27(23)33-8-7-32-24)35-25-16-31-6-4-22(25)28(38)34-15-21-17-37(29(30)39)10-11-40-21/h2-9,12-14,16,21,35H,10-11,15,17H2,1H3,(H,34,38). The number of pyridine rings is 1. The van der Waals surface area contributed by atoms with Gasteiger partial charge in [-0.25, -0.2) is 0 Å². The van der Waals surface area contributed by atoms with E-state index in [1.165, 1.54) is 0 Å². The van der Waals surface area contributed by atoms with Crippen LogP contribution in [0.25, 0.3) is 33.1 Å². The SMILES string of the molecule is Cn1ccc2ccc(-c3cc(Nc4cnccc4C(=O)NCC4CN(C(=O)I)CCO4)cc4nccnc34)cc21. The van der Waals surface area contributed by atoms with E-state index in [2.05, 4.69) is 54.4 Å². The molecule has 0 spiro atoms. The van der Waals surface area contributed by atoms with Crippen molar-refractivity contribution in [1.82, 2.24) is 29.7 Å². The zero-order valence-corrected chi connectivity index (χ0v) is 23.8. The summed E-state index contributed by atoms with van der Waals surface area (Å²) in [4.78, 5) is 40.1. The van der Waals surface area contributed by atoms with Crippen LogP contribution in [-0.4, -0.2) is 66.6 Å². The van der Waals surface area contributed by atoms with Crippen LogP contribution in [0.5, 0.6) is 0 Å². The number of ether oxygens (including phenoxy) is 1. The van der Waals surface area contributed by atoms with Crippen molar-refractivity contribution in [1.29, 1.82) is 0 Å². The van der Waals surface area contributed by atoms with Crippen LogP contribution in [-0.2, 0) is 11.8 Å². The van der Waals surface area contributed by atoms with Crippen LogP contribution in [0.1, 0.15) is 10.4 Å². The summed E-state index contributed by atoms with van der Waals surface area (Å²) in [6.45, 7) is 1.74. The third-order valence-corrected chi connectivity index (χ3v) is 7.68. The lowest BCUT2D eigenvalue weighted by molar-refractivity contribution is -0.00810. The minimum atomic E-state index is -0.266. The molecule has 10 nitrogen and oxygen atoms in total. The third kappa shape index (κ3) is 5.34. The Hall–Kier alpha value is -4.10. The Morgan fingerprint density at radius 2 is 1.98 bits per heavy atom. The zero-order valence-electron chi connectivity index (χ0n) is 21.7. The van der Waals surface area contributed by atoms with Gasteiger partial charge in [-0.1, -0.05) is 12.1 Å². The summed E-state index contributed by atoms with van der Waals surface area (Å²) in [5, 5.41) is 7.48. The molecule has 4 heterocycles. The van der Waals surface area contributed by atoms with E-state index in [9.17, 15) is 9.59 Å². The quantitative estimate of drug-likeness (QED) is 0.153. The highest BCUT2D eigenvalue weighted by atomic mass is 127. The largest absolute Gasteiger partial charge is 0.373 e. The predicted octanol–water partition coefficient (Wildman–Crippen LogP) is 4.91. The van der Waals surface area contributed by atoms with Crippen molar-refractivity contribution in [3.63, 3.8) is 0 Å². The van der Waals surface area contributed by atoms with Gasteiger partial charge in [-0.15, -0.1) is 0 Å². The van der Waals surface area contributed by atoms with Gasteiger partial charge in [0, 0.05) is 90.8 Å². The van der Waals surface area contributed by atoms with Crippen molar-refractivity contribution in [3.8, 4) is 11.1 Å². The maximum atomic E-state index is 13.2. The molecule has 2 aromatic carbocycles. The lowest BCUT2D eigenvalue weighted by atomic mass is 10.0. The topological polar surface area (TPSA) is 114 Å². The first-order valence-corrected chi connectivity index (χ1v) is 13.9. The van der Waals surface area contributed by atoms with Gasteiger partial charge in [-0.05, 0) is 41.3 Å². The fraction of sp³-hybridized carbons (Fsp3) is 0.207. The predicted molar refractivity (Wildman–Crippen MR) is 162 cm³/mol. The van der Waals surface area contributed by atoms with E-state index in [4.69, 9.17) is 4.74 Å². The molecule has 202 valence electrons. The molecule has 11 heteroatoms. The van der Waals surface area contributed by atoms with E-state index in [0.29, 0.717) is 37.5 Å². The van der Waals surface area contributed by atoms with E-state index in [1.54, 1.807) is 58.3 Å². The van der Waals surface area contributed by atoms with Gasteiger partial charge in [0.2, 0.25) is 0 Å². The Labute approximate surface area is 243 Å². The minimum Gasteiger partial charge on any atom is -0.373 e. The molecule has 40 heavy (non-hydrogen) atoms. The van der Waals surface area contributed by atoms with Crippen LogP contribution in [0.4, 0.5) is 16.2 Å². The van der Waals surface area contributed by atoms with E-state index < -0.39 is 0 Å². The number of benzene rings is 2. The average Bonchev–Trinajstić information content (AvgIpc) is 3.35. The number of morpholine rings is 1. The van der Waals surface area contributed by atoms with Gasteiger partial charge < -0.3 is 24.8 Å². The van der Waals surface area contributed by atoms with Crippen molar-refractivity contribution in [2.75, 3.05) is 31.6 Å². The number of rotatable bonds is 6. The fourth-order valence-electron chi connectivity index (χ4n) is 4.95. The summed E-state index contributed by atoms with van der Waals surface area (Å²) in [5.41, 5.74) is 6.33. The number of aromatic nitrogens is 4.